The summed E-state index contributed by atoms with van der Waals surface area (Å²) in [5.41, 5.74) is 3.30. The van der Waals surface area contributed by atoms with E-state index in [9.17, 15) is 4.39 Å². The van der Waals surface area contributed by atoms with Gasteiger partial charge in [-0.05, 0) is 29.8 Å². The third-order valence-corrected chi connectivity index (χ3v) is 4.65. The van der Waals surface area contributed by atoms with Crippen LogP contribution in [0.5, 0.6) is 0 Å². The third kappa shape index (κ3) is 1.67. The van der Waals surface area contributed by atoms with E-state index in [1.165, 1.54) is 12.1 Å². The second kappa shape index (κ2) is 4.10. The van der Waals surface area contributed by atoms with Crippen LogP contribution in [0.3, 0.4) is 0 Å². The highest BCUT2D eigenvalue weighted by Gasteiger charge is 2.27. The number of rotatable bonds is 1. The Morgan fingerprint density at radius 2 is 1.89 bits per heavy atom. The maximum atomic E-state index is 13.0. The molecule has 0 radical (unpaired) electrons. The van der Waals surface area contributed by atoms with Crippen LogP contribution in [-0.4, -0.2) is 9.55 Å². The van der Waals surface area contributed by atoms with Gasteiger partial charge in [-0.3, -0.25) is 0 Å². The summed E-state index contributed by atoms with van der Waals surface area (Å²) in [6.45, 7) is 0. The van der Waals surface area contributed by atoms with E-state index in [0.717, 1.165) is 28.2 Å². The van der Waals surface area contributed by atoms with Gasteiger partial charge in [-0.1, -0.05) is 24.3 Å². The van der Waals surface area contributed by atoms with Gasteiger partial charge in [0.25, 0.3) is 0 Å². The Bertz CT molecular complexity index is 748. The molecule has 4 rings (SSSR count). The number of halogens is 1. The van der Waals surface area contributed by atoms with Gasteiger partial charge in [0, 0.05) is 0 Å². The lowest BCUT2D eigenvalue weighted by atomic mass is 10.2. The van der Waals surface area contributed by atoms with Gasteiger partial charge in [0.2, 0.25) is 0 Å². The first-order chi connectivity index (χ1) is 9.33. The van der Waals surface area contributed by atoms with Crippen molar-refractivity contribution in [3.63, 3.8) is 0 Å². The van der Waals surface area contributed by atoms with Crippen LogP contribution in [0.1, 0.15) is 16.8 Å². The number of hydrogen-bond donors (Lipinski definition) is 0. The summed E-state index contributed by atoms with van der Waals surface area (Å²) in [6.07, 6.45) is 0. The lowest BCUT2D eigenvalue weighted by Gasteiger charge is -2.13. The van der Waals surface area contributed by atoms with Gasteiger partial charge in [0.15, 0.2) is 0 Å². The zero-order chi connectivity index (χ0) is 12.8. The van der Waals surface area contributed by atoms with E-state index in [1.54, 1.807) is 0 Å². The summed E-state index contributed by atoms with van der Waals surface area (Å²) in [7, 11) is 0. The maximum absolute atomic E-state index is 13.0. The van der Waals surface area contributed by atoms with E-state index in [0.29, 0.717) is 0 Å². The van der Waals surface area contributed by atoms with E-state index in [-0.39, 0.29) is 11.2 Å². The lowest BCUT2D eigenvalue weighted by molar-refractivity contribution is 0.626. The second-order valence-corrected chi connectivity index (χ2v) is 5.67. The quantitative estimate of drug-likeness (QED) is 0.666. The summed E-state index contributed by atoms with van der Waals surface area (Å²) in [4.78, 5) is 4.65. The van der Waals surface area contributed by atoms with Crippen molar-refractivity contribution in [1.29, 1.82) is 0 Å². The van der Waals surface area contributed by atoms with E-state index in [2.05, 4.69) is 15.6 Å². The van der Waals surface area contributed by atoms with Crippen molar-refractivity contribution in [3.05, 3.63) is 65.7 Å². The molecular weight excluding hydrogens is 259 g/mol. The molecule has 0 amide bonds. The van der Waals surface area contributed by atoms with Crippen LogP contribution in [0.15, 0.2) is 48.5 Å². The van der Waals surface area contributed by atoms with Gasteiger partial charge in [-0.15, -0.1) is 11.8 Å². The Balaban J connectivity index is 1.89. The van der Waals surface area contributed by atoms with E-state index in [4.69, 9.17) is 0 Å². The molecule has 0 aliphatic carbocycles. The zero-order valence-corrected chi connectivity index (χ0v) is 10.9. The SMILES string of the molecule is Fc1ccc([C@H]2SCc3nc4ccccc4n32)cc1. The minimum atomic E-state index is -0.192. The number of imidazole rings is 1. The fourth-order valence-corrected chi connectivity index (χ4v) is 3.80. The van der Waals surface area contributed by atoms with Crippen molar-refractivity contribution < 1.29 is 4.39 Å². The molecule has 0 bridgehead atoms. The Kier molecular flexibility index (Phi) is 2.38. The molecule has 0 N–H and O–H groups in total. The first-order valence-electron chi connectivity index (χ1n) is 6.16. The van der Waals surface area contributed by atoms with Crippen LogP contribution in [0.2, 0.25) is 0 Å². The normalized spacial score (nSPS) is 17.8. The van der Waals surface area contributed by atoms with E-state index >= 15 is 0 Å². The Morgan fingerprint density at radius 3 is 2.74 bits per heavy atom. The summed E-state index contributed by atoms with van der Waals surface area (Å²) in [5, 5.41) is 0.197. The van der Waals surface area contributed by atoms with Gasteiger partial charge >= 0.3 is 0 Å². The van der Waals surface area contributed by atoms with Gasteiger partial charge in [0.05, 0.1) is 16.8 Å². The highest BCUT2D eigenvalue weighted by atomic mass is 32.2. The number of benzene rings is 2. The smallest absolute Gasteiger partial charge is 0.123 e. The van der Waals surface area contributed by atoms with E-state index in [1.807, 2.05) is 42.1 Å². The highest BCUT2D eigenvalue weighted by Crippen LogP contribution is 2.42. The van der Waals surface area contributed by atoms with Crippen molar-refractivity contribution >= 4 is 22.8 Å². The Labute approximate surface area is 114 Å². The second-order valence-electron chi connectivity index (χ2n) is 4.60. The zero-order valence-electron chi connectivity index (χ0n) is 10.1. The first-order valence-corrected chi connectivity index (χ1v) is 7.21. The average Bonchev–Trinajstić information content (AvgIpc) is 2.98. The molecule has 1 aromatic heterocycles. The van der Waals surface area contributed by atoms with Crippen LogP contribution in [0, 0.1) is 5.82 Å². The number of nitrogens with zero attached hydrogens (tertiary/aromatic N) is 2. The van der Waals surface area contributed by atoms with Gasteiger partial charge in [-0.2, -0.15) is 0 Å². The fourth-order valence-electron chi connectivity index (χ4n) is 2.56. The molecule has 1 aliphatic rings. The standard InChI is InChI=1S/C15H11FN2S/c16-11-7-5-10(6-8-11)15-18-13-4-2-1-3-12(13)17-14(18)9-19-15/h1-8,15H,9H2/t15-/m1/s1. The molecule has 3 aromatic rings. The fraction of sp³-hybridized carbons (Fsp3) is 0.133. The minimum absolute atomic E-state index is 0.192. The highest BCUT2D eigenvalue weighted by molar-refractivity contribution is 7.99. The molecule has 2 aromatic carbocycles. The van der Waals surface area contributed by atoms with Crippen molar-refractivity contribution in [2.45, 2.75) is 11.1 Å². The minimum Gasteiger partial charge on any atom is -0.310 e. The number of fused-ring (bicyclic) bond motifs is 3. The largest absolute Gasteiger partial charge is 0.310 e. The molecule has 4 heteroatoms. The molecule has 1 atom stereocenters. The number of para-hydroxylation sites is 2. The first kappa shape index (κ1) is 11.1. The monoisotopic (exact) mass is 270 g/mol. The molecule has 1 aliphatic heterocycles. The molecule has 2 nitrogen and oxygen atoms in total. The Morgan fingerprint density at radius 1 is 1.11 bits per heavy atom. The van der Waals surface area contributed by atoms with Crippen LogP contribution >= 0.6 is 11.8 Å². The molecular formula is C15H11FN2S. The molecule has 0 fully saturated rings. The van der Waals surface area contributed by atoms with Crippen molar-refractivity contribution in [3.8, 4) is 0 Å². The van der Waals surface area contributed by atoms with Crippen LogP contribution in [-0.2, 0) is 5.75 Å². The topological polar surface area (TPSA) is 17.8 Å². The predicted molar refractivity (Wildman–Crippen MR) is 75.6 cm³/mol. The molecule has 0 spiro atoms. The molecule has 0 saturated carbocycles. The van der Waals surface area contributed by atoms with E-state index < -0.39 is 0 Å². The van der Waals surface area contributed by atoms with Crippen molar-refractivity contribution in [2.75, 3.05) is 0 Å². The van der Waals surface area contributed by atoms with Crippen LogP contribution in [0.4, 0.5) is 4.39 Å². The number of thioether (sulfide) groups is 1. The average molecular weight is 270 g/mol. The molecule has 2 heterocycles. The van der Waals surface area contributed by atoms with Gasteiger partial charge in [-0.25, -0.2) is 9.37 Å². The van der Waals surface area contributed by atoms with Crippen LogP contribution in [0.25, 0.3) is 11.0 Å². The molecule has 0 saturated heterocycles. The van der Waals surface area contributed by atoms with Gasteiger partial charge < -0.3 is 4.57 Å². The van der Waals surface area contributed by atoms with Crippen LogP contribution < -0.4 is 0 Å². The lowest BCUT2D eigenvalue weighted by Crippen LogP contribution is -2.03. The molecule has 94 valence electrons. The molecule has 0 unspecified atom stereocenters. The molecule has 19 heavy (non-hydrogen) atoms. The summed E-state index contributed by atoms with van der Waals surface area (Å²) in [5.74, 6) is 1.81. The van der Waals surface area contributed by atoms with Crippen molar-refractivity contribution in [2.24, 2.45) is 0 Å². The maximum Gasteiger partial charge on any atom is 0.123 e. The summed E-state index contributed by atoms with van der Waals surface area (Å²) >= 11 is 1.83. The summed E-state index contributed by atoms with van der Waals surface area (Å²) in [6, 6.07) is 14.9. The van der Waals surface area contributed by atoms with Gasteiger partial charge in [0.1, 0.15) is 17.0 Å². The number of hydrogen-bond acceptors (Lipinski definition) is 2. The summed E-state index contributed by atoms with van der Waals surface area (Å²) < 4.78 is 15.3. The Hall–Kier alpha value is -1.81. The third-order valence-electron chi connectivity index (χ3n) is 3.43. The van der Waals surface area contributed by atoms with Crippen molar-refractivity contribution in [1.82, 2.24) is 9.55 Å². The predicted octanol–water partition coefficient (Wildman–Crippen LogP) is 3.97. The number of aromatic nitrogens is 2.